The summed E-state index contributed by atoms with van der Waals surface area (Å²) < 4.78 is 0.970. The van der Waals surface area contributed by atoms with Crippen LogP contribution >= 0.6 is 27.3 Å². The molecule has 114 valence electrons. The van der Waals surface area contributed by atoms with E-state index in [1.54, 1.807) is 0 Å². The number of carbonyl (C=O) groups excluding carboxylic acids is 1. The molecule has 4 rings (SSSR count). The Bertz CT molecular complexity index is 839. The van der Waals surface area contributed by atoms with Crippen LogP contribution in [0.3, 0.4) is 0 Å². The van der Waals surface area contributed by atoms with Crippen molar-refractivity contribution in [3.8, 4) is 0 Å². The van der Waals surface area contributed by atoms with Crippen LogP contribution in [0, 0.1) is 0 Å². The van der Waals surface area contributed by atoms with Gasteiger partial charge in [0.2, 0.25) is 0 Å². The van der Waals surface area contributed by atoms with Crippen molar-refractivity contribution in [2.45, 2.75) is 12.8 Å². The Morgan fingerprint density at radius 1 is 0.870 bits per heavy atom. The van der Waals surface area contributed by atoms with E-state index < -0.39 is 0 Å². The number of fused-ring (bicyclic) bond motifs is 2. The summed E-state index contributed by atoms with van der Waals surface area (Å²) in [4.78, 5) is 15.8. The number of nitrogens with zero attached hydrogens (tertiary/aromatic N) is 1. The molecule has 2 aromatic carbocycles. The van der Waals surface area contributed by atoms with Crippen molar-refractivity contribution >= 4 is 44.5 Å². The van der Waals surface area contributed by atoms with Crippen LogP contribution in [-0.4, -0.2) is 5.91 Å². The van der Waals surface area contributed by atoms with Crippen molar-refractivity contribution in [3.05, 3.63) is 80.5 Å². The smallest absolute Gasteiger partial charge is 0.272 e. The highest BCUT2D eigenvalue weighted by molar-refractivity contribution is 9.11. The number of para-hydroxylation sites is 2. The second-order valence-electron chi connectivity index (χ2n) is 5.50. The molecule has 0 bridgehead atoms. The Hall–Kier alpha value is -1.91. The first-order chi connectivity index (χ1) is 11.2. The fourth-order valence-electron chi connectivity index (χ4n) is 3.04. The van der Waals surface area contributed by atoms with Gasteiger partial charge in [0.25, 0.3) is 5.91 Å². The Balaban J connectivity index is 1.91. The summed E-state index contributed by atoms with van der Waals surface area (Å²) in [5, 5.41) is 0. The number of hydrogen-bond donors (Lipinski definition) is 0. The monoisotopic (exact) mass is 383 g/mol. The third-order valence-corrected chi connectivity index (χ3v) is 5.73. The summed E-state index contributed by atoms with van der Waals surface area (Å²) in [7, 11) is 0. The molecule has 0 unspecified atom stereocenters. The average molecular weight is 384 g/mol. The normalized spacial score (nSPS) is 13.2. The predicted octanol–water partition coefficient (Wildman–Crippen LogP) is 5.59. The molecular formula is C19H14BrNOS. The van der Waals surface area contributed by atoms with Crippen molar-refractivity contribution < 1.29 is 4.79 Å². The molecular weight excluding hydrogens is 370 g/mol. The molecule has 0 atom stereocenters. The summed E-state index contributed by atoms with van der Waals surface area (Å²) in [6.07, 6.45) is 1.90. The van der Waals surface area contributed by atoms with Crippen LogP contribution in [-0.2, 0) is 12.8 Å². The van der Waals surface area contributed by atoms with Gasteiger partial charge in [-0.15, -0.1) is 11.3 Å². The lowest BCUT2D eigenvalue weighted by Crippen LogP contribution is -2.26. The van der Waals surface area contributed by atoms with Gasteiger partial charge in [-0.25, -0.2) is 0 Å². The highest BCUT2D eigenvalue weighted by atomic mass is 79.9. The third kappa shape index (κ3) is 2.62. The van der Waals surface area contributed by atoms with Gasteiger partial charge in [-0.2, -0.15) is 0 Å². The van der Waals surface area contributed by atoms with Crippen molar-refractivity contribution in [3.63, 3.8) is 0 Å². The van der Waals surface area contributed by atoms with Crippen LogP contribution < -0.4 is 4.90 Å². The van der Waals surface area contributed by atoms with E-state index in [9.17, 15) is 4.79 Å². The van der Waals surface area contributed by atoms with Gasteiger partial charge < -0.3 is 0 Å². The maximum atomic E-state index is 13.2. The number of benzene rings is 2. The number of thiophene rings is 1. The molecule has 0 aliphatic carbocycles. The van der Waals surface area contributed by atoms with E-state index in [2.05, 4.69) is 28.1 Å². The topological polar surface area (TPSA) is 20.3 Å². The van der Waals surface area contributed by atoms with E-state index in [1.165, 1.54) is 22.5 Å². The van der Waals surface area contributed by atoms with Gasteiger partial charge in [-0.05, 0) is 64.2 Å². The average Bonchev–Trinajstić information content (AvgIpc) is 2.94. The highest BCUT2D eigenvalue weighted by Crippen LogP contribution is 2.38. The van der Waals surface area contributed by atoms with E-state index >= 15 is 0 Å². The standard InChI is InChI=1S/C19H14BrNOS/c20-18-12-11-17(23-18)19(22)21-15-7-3-1-5-13(15)9-10-14-6-2-4-8-16(14)21/h1-8,11-12H,9-10H2. The summed E-state index contributed by atoms with van der Waals surface area (Å²) >= 11 is 4.92. The van der Waals surface area contributed by atoms with Gasteiger partial charge in [0.1, 0.15) is 0 Å². The summed E-state index contributed by atoms with van der Waals surface area (Å²) in [5.74, 6) is 0.0301. The van der Waals surface area contributed by atoms with Crippen molar-refractivity contribution in [1.29, 1.82) is 0 Å². The summed E-state index contributed by atoms with van der Waals surface area (Å²) in [6, 6.07) is 20.2. The zero-order valence-electron chi connectivity index (χ0n) is 12.3. The maximum Gasteiger partial charge on any atom is 0.272 e. The van der Waals surface area contributed by atoms with Crippen LogP contribution in [0.1, 0.15) is 20.8 Å². The Morgan fingerprint density at radius 2 is 1.43 bits per heavy atom. The van der Waals surface area contributed by atoms with Crippen LogP contribution in [0.2, 0.25) is 0 Å². The zero-order chi connectivity index (χ0) is 15.8. The minimum absolute atomic E-state index is 0.0301. The molecule has 23 heavy (non-hydrogen) atoms. The van der Waals surface area contributed by atoms with E-state index in [4.69, 9.17) is 0 Å². The quantitative estimate of drug-likeness (QED) is 0.536. The number of amides is 1. The molecule has 3 aromatic rings. The van der Waals surface area contributed by atoms with Crippen LogP contribution in [0.4, 0.5) is 11.4 Å². The van der Waals surface area contributed by atoms with Gasteiger partial charge in [0.05, 0.1) is 20.0 Å². The largest absolute Gasteiger partial charge is 0.276 e. The summed E-state index contributed by atoms with van der Waals surface area (Å²) in [6.45, 7) is 0. The lowest BCUT2D eigenvalue weighted by Gasteiger charge is -2.24. The predicted molar refractivity (Wildman–Crippen MR) is 98.8 cm³/mol. The fraction of sp³-hybridized carbons (Fsp3) is 0.105. The SMILES string of the molecule is O=C(c1ccc(Br)s1)N1c2ccccc2CCc2ccccc21. The van der Waals surface area contributed by atoms with Gasteiger partial charge in [-0.1, -0.05) is 36.4 Å². The highest BCUT2D eigenvalue weighted by Gasteiger charge is 2.27. The molecule has 4 heteroatoms. The number of halogens is 1. The van der Waals surface area contributed by atoms with Crippen molar-refractivity contribution in [2.24, 2.45) is 0 Å². The van der Waals surface area contributed by atoms with E-state index in [1.807, 2.05) is 53.4 Å². The van der Waals surface area contributed by atoms with Gasteiger partial charge in [0, 0.05) is 0 Å². The molecule has 0 spiro atoms. The lowest BCUT2D eigenvalue weighted by atomic mass is 10.0. The van der Waals surface area contributed by atoms with E-state index in [-0.39, 0.29) is 5.91 Å². The molecule has 0 radical (unpaired) electrons. The third-order valence-electron chi connectivity index (χ3n) is 4.12. The number of hydrogen-bond acceptors (Lipinski definition) is 2. The molecule has 2 heterocycles. The molecule has 0 saturated heterocycles. The molecule has 0 N–H and O–H groups in total. The first-order valence-electron chi connectivity index (χ1n) is 7.49. The second kappa shape index (κ2) is 5.95. The number of aryl methyl sites for hydroxylation is 2. The van der Waals surface area contributed by atoms with Gasteiger partial charge in [-0.3, -0.25) is 9.69 Å². The van der Waals surface area contributed by atoms with Gasteiger partial charge >= 0.3 is 0 Å². The van der Waals surface area contributed by atoms with Crippen molar-refractivity contribution in [2.75, 3.05) is 4.90 Å². The zero-order valence-corrected chi connectivity index (χ0v) is 14.7. The minimum atomic E-state index is 0.0301. The van der Waals surface area contributed by atoms with E-state index in [0.29, 0.717) is 0 Å². The fourth-order valence-corrected chi connectivity index (χ4v) is 4.35. The van der Waals surface area contributed by atoms with Gasteiger partial charge in [0.15, 0.2) is 0 Å². The molecule has 1 amide bonds. The molecule has 2 nitrogen and oxygen atoms in total. The van der Waals surface area contributed by atoms with E-state index in [0.717, 1.165) is 32.9 Å². The molecule has 0 fully saturated rings. The van der Waals surface area contributed by atoms with Crippen LogP contribution in [0.25, 0.3) is 0 Å². The molecule has 1 aliphatic heterocycles. The first-order valence-corrected chi connectivity index (χ1v) is 9.10. The minimum Gasteiger partial charge on any atom is -0.276 e. The first kappa shape index (κ1) is 14.7. The Labute approximate surface area is 147 Å². The number of carbonyl (C=O) groups is 1. The van der Waals surface area contributed by atoms with Crippen molar-refractivity contribution in [1.82, 2.24) is 0 Å². The van der Waals surface area contributed by atoms with Crippen LogP contribution in [0.15, 0.2) is 64.5 Å². The van der Waals surface area contributed by atoms with Crippen LogP contribution in [0.5, 0.6) is 0 Å². The molecule has 0 saturated carbocycles. The molecule has 1 aromatic heterocycles. The number of anilines is 2. The summed E-state index contributed by atoms with van der Waals surface area (Å²) in [5.41, 5.74) is 4.42. The lowest BCUT2D eigenvalue weighted by molar-refractivity contribution is 0.100. The molecule has 1 aliphatic rings. The maximum absolute atomic E-state index is 13.2. The number of rotatable bonds is 1. The second-order valence-corrected chi connectivity index (χ2v) is 7.96. The Morgan fingerprint density at radius 3 is 1.96 bits per heavy atom. The Kier molecular flexibility index (Phi) is 3.79.